The smallest absolute Gasteiger partial charge is 0.119 e. The molecule has 76 valence electrons. The summed E-state index contributed by atoms with van der Waals surface area (Å²) >= 11 is 0. The molecular formula is C12H17NO. The Morgan fingerprint density at radius 3 is 2.86 bits per heavy atom. The van der Waals surface area contributed by atoms with Gasteiger partial charge in [0.05, 0.1) is 6.61 Å². The van der Waals surface area contributed by atoms with Crippen LogP contribution in [0.25, 0.3) is 0 Å². The molecule has 14 heavy (non-hydrogen) atoms. The average molecular weight is 191 g/mol. The third-order valence-electron chi connectivity index (χ3n) is 2.82. The number of ether oxygens (including phenoxy) is 1. The third kappa shape index (κ3) is 1.90. The molecule has 0 bridgehead atoms. The van der Waals surface area contributed by atoms with Gasteiger partial charge in [-0.15, -0.1) is 0 Å². The normalized spacial score (nSPS) is 25.6. The summed E-state index contributed by atoms with van der Waals surface area (Å²) in [5.74, 6) is 1.64. The van der Waals surface area contributed by atoms with Gasteiger partial charge in [0.1, 0.15) is 5.75 Å². The van der Waals surface area contributed by atoms with E-state index in [-0.39, 0.29) is 0 Å². The Labute approximate surface area is 85.1 Å². The maximum Gasteiger partial charge on any atom is 0.119 e. The van der Waals surface area contributed by atoms with Crippen molar-refractivity contribution >= 4 is 0 Å². The molecule has 2 N–H and O–H groups in total. The van der Waals surface area contributed by atoms with Crippen molar-refractivity contribution in [1.82, 2.24) is 0 Å². The maximum atomic E-state index is 5.77. The molecule has 0 amide bonds. The lowest BCUT2D eigenvalue weighted by Crippen LogP contribution is -2.34. The SMILES string of the molecule is CCOc1cccc(C2CC(N)C2)c1. The van der Waals surface area contributed by atoms with Gasteiger partial charge in [-0.1, -0.05) is 12.1 Å². The minimum Gasteiger partial charge on any atom is -0.494 e. The van der Waals surface area contributed by atoms with Crippen LogP contribution in [0, 0.1) is 0 Å². The maximum absolute atomic E-state index is 5.77. The Morgan fingerprint density at radius 1 is 1.43 bits per heavy atom. The zero-order valence-electron chi connectivity index (χ0n) is 8.57. The Bertz CT molecular complexity index is 305. The predicted molar refractivity (Wildman–Crippen MR) is 57.6 cm³/mol. The van der Waals surface area contributed by atoms with Crippen LogP contribution in [0.4, 0.5) is 0 Å². The highest BCUT2D eigenvalue weighted by Crippen LogP contribution is 2.36. The van der Waals surface area contributed by atoms with Crippen molar-refractivity contribution in [2.24, 2.45) is 5.73 Å². The van der Waals surface area contributed by atoms with Crippen LogP contribution in [0.15, 0.2) is 24.3 Å². The van der Waals surface area contributed by atoms with E-state index in [0.717, 1.165) is 25.2 Å². The van der Waals surface area contributed by atoms with Crippen molar-refractivity contribution in [3.63, 3.8) is 0 Å². The summed E-state index contributed by atoms with van der Waals surface area (Å²) in [5.41, 5.74) is 7.14. The van der Waals surface area contributed by atoms with Crippen LogP contribution in [-0.4, -0.2) is 12.6 Å². The van der Waals surface area contributed by atoms with E-state index in [4.69, 9.17) is 10.5 Å². The molecule has 2 nitrogen and oxygen atoms in total. The highest BCUT2D eigenvalue weighted by Gasteiger charge is 2.27. The second-order valence-corrected chi connectivity index (χ2v) is 3.93. The minimum absolute atomic E-state index is 0.413. The first-order valence-corrected chi connectivity index (χ1v) is 5.28. The molecule has 1 aromatic carbocycles. The summed E-state index contributed by atoms with van der Waals surface area (Å²) in [6, 6.07) is 8.78. The lowest BCUT2D eigenvalue weighted by atomic mass is 9.76. The first kappa shape index (κ1) is 9.53. The van der Waals surface area contributed by atoms with E-state index in [1.165, 1.54) is 5.56 Å². The molecule has 0 spiro atoms. The number of benzene rings is 1. The van der Waals surface area contributed by atoms with E-state index in [2.05, 4.69) is 18.2 Å². The van der Waals surface area contributed by atoms with E-state index < -0.39 is 0 Å². The summed E-state index contributed by atoms with van der Waals surface area (Å²) in [7, 11) is 0. The van der Waals surface area contributed by atoms with Gasteiger partial charge in [-0.3, -0.25) is 0 Å². The molecule has 0 saturated heterocycles. The molecular weight excluding hydrogens is 174 g/mol. The fourth-order valence-corrected chi connectivity index (χ4v) is 1.96. The predicted octanol–water partition coefficient (Wildman–Crippen LogP) is 2.29. The lowest BCUT2D eigenvalue weighted by Gasteiger charge is -2.32. The van der Waals surface area contributed by atoms with E-state index in [1.807, 2.05) is 13.0 Å². The Morgan fingerprint density at radius 2 is 2.21 bits per heavy atom. The van der Waals surface area contributed by atoms with Gasteiger partial charge < -0.3 is 10.5 Å². The van der Waals surface area contributed by atoms with Crippen LogP contribution in [0.2, 0.25) is 0 Å². The second-order valence-electron chi connectivity index (χ2n) is 3.93. The average Bonchev–Trinajstić information content (AvgIpc) is 2.14. The van der Waals surface area contributed by atoms with Gasteiger partial charge >= 0.3 is 0 Å². The molecule has 0 atom stereocenters. The first-order chi connectivity index (χ1) is 6.79. The quantitative estimate of drug-likeness (QED) is 0.795. The fourth-order valence-electron chi connectivity index (χ4n) is 1.96. The number of hydrogen-bond donors (Lipinski definition) is 1. The summed E-state index contributed by atoms with van der Waals surface area (Å²) in [6.07, 6.45) is 2.24. The van der Waals surface area contributed by atoms with Gasteiger partial charge in [0.15, 0.2) is 0 Å². The standard InChI is InChI=1S/C12H17NO/c1-2-14-12-5-3-4-9(8-12)10-6-11(13)7-10/h3-5,8,10-11H,2,6-7,13H2,1H3. The summed E-state index contributed by atoms with van der Waals surface area (Å²) < 4.78 is 5.46. The van der Waals surface area contributed by atoms with Gasteiger partial charge in [0.2, 0.25) is 0 Å². The summed E-state index contributed by atoms with van der Waals surface area (Å²) in [5, 5.41) is 0. The Kier molecular flexibility index (Phi) is 2.73. The summed E-state index contributed by atoms with van der Waals surface area (Å²) in [6.45, 7) is 2.74. The van der Waals surface area contributed by atoms with Crippen molar-refractivity contribution in [3.8, 4) is 5.75 Å². The summed E-state index contributed by atoms with van der Waals surface area (Å²) in [4.78, 5) is 0. The fraction of sp³-hybridized carbons (Fsp3) is 0.500. The molecule has 0 aromatic heterocycles. The van der Waals surface area contributed by atoms with Crippen molar-refractivity contribution in [1.29, 1.82) is 0 Å². The molecule has 0 aliphatic heterocycles. The largest absolute Gasteiger partial charge is 0.494 e. The van der Waals surface area contributed by atoms with Crippen LogP contribution in [-0.2, 0) is 0 Å². The Hall–Kier alpha value is -1.02. The van der Waals surface area contributed by atoms with E-state index in [1.54, 1.807) is 0 Å². The number of rotatable bonds is 3. The molecule has 1 fully saturated rings. The van der Waals surface area contributed by atoms with E-state index >= 15 is 0 Å². The number of nitrogens with two attached hydrogens (primary N) is 1. The van der Waals surface area contributed by atoms with Gasteiger partial charge in [-0.05, 0) is 43.4 Å². The molecule has 1 aliphatic rings. The second kappa shape index (κ2) is 4.01. The van der Waals surface area contributed by atoms with E-state index in [9.17, 15) is 0 Å². The highest BCUT2D eigenvalue weighted by atomic mass is 16.5. The van der Waals surface area contributed by atoms with Gasteiger partial charge in [-0.25, -0.2) is 0 Å². The molecule has 2 heteroatoms. The molecule has 1 aliphatic carbocycles. The number of hydrogen-bond acceptors (Lipinski definition) is 2. The van der Waals surface area contributed by atoms with Gasteiger partial charge in [0.25, 0.3) is 0 Å². The van der Waals surface area contributed by atoms with Crippen LogP contribution >= 0.6 is 0 Å². The van der Waals surface area contributed by atoms with E-state index in [0.29, 0.717) is 12.0 Å². The molecule has 1 aromatic rings. The van der Waals surface area contributed by atoms with Crippen molar-refractivity contribution < 1.29 is 4.74 Å². The lowest BCUT2D eigenvalue weighted by molar-refractivity contribution is 0.332. The first-order valence-electron chi connectivity index (χ1n) is 5.28. The Balaban J connectivity index is 2.06. The monoisotopic (exact) mass is 191 g/mol. The third-order valence-corrected chi connectivity index (χ3v) is 2.82. The molecule has 2 rings (SSSR count). The molecule has 1 saturated carbocycles. The molecule has 0 radical (unpaired) electrons. The van der Waals surface area contributed by atoms with Crippen molar-refractivity contribution in [3.05, 3.63) is 29.8 Å². The zero-order chi connectivity index (χ0) is 9.97. The van der Waals surface area contributed by atoms with Gasteiger partial charge in [0, 0.05) is 6.04 Å². The molecule has 0 heterocycles. The molecule has 0 unspecified atom stereocenters. The van der Waals surface area contributed by atoms with Crippen LogP contribution in [0.1, 0.15) is 31.2 Å². The highest BCUT2D eigenvalue weighted by molar-refractivity contribution is 5.32. The van der Waals surface area contributed by atoms with Gasteiger partial charge in [-0.2, -0.15) is 0 Å². The van der Waals surface area contributed by atoms with Crippen molar-refractivity contribution in [2.45, 2.75) is 31.7 Å². The van der Waals surface area contributed by atoms with Crippen LogP contribution in [0.5, 0.6) is 5.75 Å². The van der Waals surface area contributed by atoms with Crippen LogP contribution < -0.4 is 10.5 Å². The van der Waals surface area contributed by atoms with Crippen LogP contribution in [0.3, 0.4) is 0 Å². The minimum atomic E-state index is 0.413. The zero-order valence-corrected chi connectivity index (χ0v) is 8.57. The topological polar surface area (TPSA) is 35.2 Å². The van der Waals surface area contributed by atoms with Crippen molar-refractivity contribution in [2.75, 3.05) is 6.61 Å².